The second-order valence-corrected chi connectivity index (χ2v) is 5.09. The topological polar surface area (TPSA) is 109 Å². The number of carbonyl (C=O) groups excluding carboxylic acids is 1. The average Bonchev–Trinajstić information content (AvgIpc) is 2.66. The van der Waals surface area contributed by atoms with E-state index in [0.29, 0.717) is 13.0 Å². The predicted molar refractivity (Wildman–Crippen MR) is 61.6 cm³/mol. The van der Waals surface area contributed by atoms with Crippen LogP contribution in [0.15, 0.2) is 15.4 Å². The smallest absolute Gasteiger partial charge is 0.374 e. The van der Waals surface area contributed by atoms with Crippen molar-refractivity contribution in [2.24, 2.45) is 5.14 Å². The highest BCUT2D eigenvalue weighted by atomic mass is 32.2. The molecule has 8 heteroatoms. The van der Waals surface area contributed by atoms with Crippen molar-refractivity contribution in [1.29, 1.82) is 0 Å². The minimum absolute atomic E-state index is 0.0568. The van der Waals surface area contributed by atoms with Gasteiger partial charge in [0, 0.05) is 26.2 Å². The maximum absolute atomic E-state index is 11.5. The number of hydrogen-bond acceptors (Lipinski definition) is 6. The van der Waals surface area contributed by atoms with Crippen LogP contribution in [0.25, 0.3) is 0 Å². The Bertz CT molecular complexity index is 518. The molecule has 2 N–H and O–H groups in total. The van der Waals surface area contributed by atoms with Crippen LogP contribution in [0.1, 0.15) is 22.7 Å². The summed E-state index contributed by atoms with van der Waals surface area (Å²) in [6.45, 7) is 2.03. The zero-order valence-electron chi connectivity index (χ0n) is 10.1. The van der Waals surface area contributed by atoms with Gasteiger partial charge in [0.15, 0.2) is 0 Å². The highest BCUT2D eigenvalue weighted by Crippen LogP contribution is 2.19. The lowest BCUT2D eigenvalue weighted by molar-refractivity contribution is 0.0431. The van der Waals surface area contributed by atoms with Crippen molar-refractivity contribution in [3.63, 3.8) is 0 Å². The van der Waals surface area contributed by atoms with Gasteiger partial charge in [0.05, 0.1) is 6.61 Å². The molecule has 0 atom stereocenters. The SMILES string of the molecule is COCCCOC(=O)c1cc(S(N)(=O)=O)c(C)o1. The van der Waals surface area contributed by atoms with Crippen LogP contribution in [-0.4, -0.2) is 34.7 Å². The van der Waals surface area contributed by atoms with Crippen LogP contribution in [0.4, 0.5) is 0 Å². The molecule has 0 saturated heterocycles. The standard InChI is InChI=1S/C10H15NO6S/c1-7-9(18(11,13)14)6-8(17-7)10(12)16-5-3-4-15-2/h6H,3-5H2,1-2H3,(H2,11,13,14). The van der Waals surface area contributed by atoms with Crippen LogP contribution in [0.3, 0.4) is 0 Å². The third kappa shape index (κ3) is 3.83. The summed E-state index contributed by atoms with van der Waals surface area (Å²) >= 11 is 0. The molecular weight excluding hydrogens is 262 g/mol. The number of aryl methyl sites for hydroxylation is 1. The first kappa shape index (κ1) is 14.7. The molecule has 0 radical (unpaired) electrons. The summed E-state index contributed by atoms with van der Waals surface area (Å²) in [4.78, 5) is 11.3. The molecule has 1 aromatic heterocycles. The van der Waals surface area contributed by atoms with Crippen molar-refractivity contribution in [3.05, 3.63) is 17.6 Å². The van der Waals surface area contributed by atoms with E-state index in [1.807, 2.05) is 0 Å². The van der Waals surface area contributed by atoms with E-state index in [1.165, 1.54) is 14.0 Å². The zero-order valence-corrected chi connectivity index (χ0v) is 11.0. The fourth-order valence-corrected chi connectivity index (χ4v) is 2.00. The minimum Gasteiger partial charge on any atom is -0.460 e. The first-order valence-electron chi connectivity index (χ1n) is 5.15. The molecule has 1 rings (SSSR count). The second kappa shape index (κ2) is 5.98. The molecule has 7 nitrogen and oxygen atoms in total. The van der Waals surface area contributed by atoms with Crippen LogP contribution in [0.5, 0.6) is 0 Å². The van der Waals surface area contributed by atoms with Crippen molar-refractivity contribution in [1.82, 2.24) is 0 Å². The van der Waals surface area contributed by atoms with Gasteiger partial charge in [-0.1, -0.05) is 0 Å². The number of sulfonamides is 1. The number of esters is 1. The zero-order chi connectivity index (χ0) is 13.8. The quantitative estimate of drug-likeness (QED) is 0.596. The van der Waals surface area contributed by atoms with Crippen molar-refractivity contribution >= 4 is 16.0 Å². The molecule has 0 amide bonds. The maximum Gasteiger partial charge on any atom is 0.374 e. The van der Waals surface area contributed by atoms with Crippen molar-refractivity contribution < 1.29 is 27.1 Å². The number of rotatable bonds is 6. The van der Waals surface area contributed by atoms with E-state index in [-0.39, 0.29) is 23.0 Å². The fourth-order valence-electron chi connectivity index (χ4n) is 1.29. The molecule has 1 aromatic rings. The van der Waals surface area contributed by atoms with Crippen LogP contribution in [-0.2, 0) is 19.5 Å². The largest absolute Gasteiger partial charge is 0.460 e. The fraction of sp³-hybridized carbons (Fsp3) is 0.500. The van der Waals surface area contributed by atoms with Gasteiger partial charge in [-0.25, -0.2) is 18.4 Å². The Morgan fingerprint density at radius 3 is 2.61 bits per heavy atom. The second-order valence-electron chi connectivity index (χ2n) is 3.56. The van der Waals surface area contributed by atoms with Gasteiger partial charge in [0.25, 0.3) is 0 Å². The number of carbonyl (C=O) groups is 1. The number of nitrogens with two attached hydrogens (primary N) is 1. The molecule has 0 unspecified atom stereocenters. The van der Waals surface area contributed by atoms with Crippen LogP contribution in [0, 0.1) is 6.92 Å². The van der Waals surface area contributed by atoms with E-state index in [9.17, 15) is 13.2 Å². The Morgan fingerprint density at radius 2 is 2.11 bits per heavy atom. The highest BCUT2D eigenvalue weighted by molar-refractivity contribution is 7.89. The van der Waals surface area contributed by atoms with Crippen LogP contribution >= 0.6 is 0 Å². The molecule has 0 aliphatic carbocycles. The van der Waals surface area contributed by atoms with Gasteiger partial charge in [0.1, 0.15) is 10.7 Å². The first-order chi connectivity index (χ1) is 8.36. The van der Waals surface area contributed by atoms with Gasteiger partial charge >= 0.3 is 5.97 Å². The molecular formula is C10H15NO6S. The Hall–Kier alpha value is -1.38. The maximum atomic E-state index is 11.5. The highest BCUT2D eigenvalue weighted by Gasteiger charge is 2.21. The average molecular weight is 277 g/mol. The van der Waals surface area contributed by atoms with Crippen molar-refractivity contribution in [2.45, 2.75) is 18.2 Å². The van der Waals surface area contributed by atoms with Crippen molar-refractivity contribution in [2.75, 3.05) is 20.3 Å². The molecule has 0 aromatic carbocycles. The summed E-state index contributed by atoms with van der Waals surface area (Å²) < 4.78 is 36.9. The van der Waals surface area contributed by atoms with E-state index in [2.05, 4.69) is 0 Å². The third-order valence-electron chi connectivity index (χ3n) is 2.11. The normalized spacial score (nSPS) is 11.5. The predicted octanol–water partition coefficient (Wildman–Crippen LogP) is 0.429. The van der Waals surface area contributed by atoms with Gasteiger partial charge in [-0.05, 0) is 6.92 Å². The molecule has 0 saturated carbocycles. The van der Waals surface area contributed by atoms with Crippen molar-refractivity contribution in [3.8, 4) is 0 Å². The Labute approximate surface area is 105 Å². The summed E-state index contributed by atoms with van der Waals surface area (Å²) in [5.41, 5.74) is 0. The molecule has 0 aliphatic rings. The van der Waals surface area contributed by atoms with E-state index >= 15 is 0 Å². The molecule has 0 aliphatic heterocycles. The Kier molecular flexibility index (Phi) is 4.88. The van der Waals surface area contributed by atoms with Crippen LogP contribution in [0.2, 0.25) is 0 Å². The molecule has 0 bridgehead atoms. The van der Waals surface area contributed by atoms with E-state index in [4.69, 9.17) is 19.0 Å². The summed E-state index contributed by atoms with van der Waals surface area (Å²) in [5.74, 6) is -0.862. The number of methoxy groups -OCH3 is 1. The number of ether oxygens (including phenoxy) is 2. The van der Waals surface area contributed by atoms with Gasteiger partial charge in [-0.3, -0.25) is 0 Å². The molecule has 1 heterocycles. The van der Waals surface area contributed by atoms with E-state index in [0.717, 1.165) is 6.07 Å². The van der Waals surface area contributed by atoms with Gasteiger partial charge < -0.3 is 13.9 Å². The summed E-state index contributed by atoms with van der Waals surface area (Å²) in [6.07, 6.45) is 0.546. The lowest BCUT2D eigenvalue weighted by Crippen LogP contribution is -2.12. The summed E-state index contributed by atoms with van der Waals surface area (Å²) in [5, 5.41) is 4.95. The molecule has 102 valence electrons. The van der Waals surface area contributed by atoms with Gasteiger partial charge in [-0.2, -0.15) is 0 Å². The van der Waals surface area contributed by atoms with Gasteiger partial charge in [0.2, 0.25) is 15.8 Å². The molecule has 18 heavy (non-hydrogen) atoms. The Balaban J connectivity index is 2.71. The summed E-state index contributed by atoms with van der Waals surface area (Å²) in [7, 11) is -2.36. The Morgan fingerprint density at radius 1 is 1.44 bits per heavy atom. The van der Waals surface area contributed by atoms with Gasteiger partial charge in [-0.15, -0.1) is 0 Å². The summed E-state index contributed by atoms with van der Waals surface area (Å²) in [6, 6.07) is 1.06. The number of hydrogen-bond donors (Lipinski definition) is 1. The van der Waals surface area contributed by atoms with E-state index in [1.54, 1.807) is 0 Å². The molecule has 0 fully saturated rings. The monoisotopic (exact) mass is 277 g/mol. The van der Waals surface area contributed by atoms with E-state index < -0.39 is 16.0 Å². The third-order valence-corrected chi connectivity index (χ3v) is 3.12. The number of primary sulfonamides is 1. The lowest BCUT2D eigenvalue weighted by Gasteiger charge is -2.01. The molecule has 0 spiro atoms. The lowest BCUT2D eigenvalue weighted by atomic mass is 10.4. The number of furan rings is 1. The van der Waals surface area contributed by atoms with Crippen LogP contribution < -0.4 is 5.14 Å². The minimum atomic E-state index is -3.90. The first-order valence-corrected chi connectivity index (χ1v) is 6.70.